The molecule has 114 valence electrons. The van der Waals surface area contributed by atoms with E-state index in [1.807, 2.05) is 26.0 Å². The topological polar surface area (TPSA) is 45.2 Å². The van der Waals surface area contributed by atoms with Crippen molar-refractivity contribution in [1.29, 1.82) is 0 Å². The van der Waals surface area contributed by atoms with E-state index in [1.54, 1.807) is 6.07 Å². The molecule has 0 unspecified atom stereocenters. The quantitative estimate of drug-likeness (QED) is 0.947. The van der Waals surface area contributed by atoms with Gasteiger partial charge in [0, 0.05) is 19.1 Å². The summed E-state index contributed by atoms with van der Waals surface area (Å²) in [5.74, 6) is 0.750. The molecule has 1 amide bonds. The molecule has 0 aliphatic carbocycles. The van der Waals surface area contributed by atoms with Gasteiger partial charge in [-0.1, -0.05) is 30.3 Å². The number of rotatable bonds is 3. The first-order valence-corrected chi connectivity index (χ1v) is 7.73. The van der Waals surface area contributed by atoms with Gasteiger partial charge in [0.1, 0.15) is 11.5 Å². The Labute approximate surface area is 131 Å². The lowest BCUT2D eigenvalue weighted by atomic mass is 10.00. The van der Waals surface area contributed by atoms with Gasteiger partial charge >= 0.3 is 0 Å². The van der Waals surface area contributed by atoms with Crippen LogP contribution in [0, 0.1) is 0 Å². The van der Waals surface area contributed by atoms with Crippen LogP contribution in [-0.2, 0) is 13.0 Å². The molecule has 0 radical (unpaired) electrons. The van der Waals surface area contributed by atoms with Crippen LogP contribution in [-0.4, -0.2) is 23.5 Å². The predicted octanol–water partition coefficient (Wildman–Crippen LogP) is 2.78. The first kappa shape index (κ1) is 14.6. The van der Waals surface area contributed by atoms with Gasteiger partial charge in [0.15, 0.2) is 0 Å². The Hall–Kier alpha value is -2.36. The zero-order chi connectivity index (χ0) is 15.5. The molecule has 2 heterocycles. The Morgan fingerprint density at radius 3 is 2.68 bits per heavy atom. The Kier molecular flexibility index (Phi) is 4.09. The normalized spacial score (nSPS) is 13.9. The number of pyridine rings is 1. The summed E-state index contributed by atoms with van der Waals surface area (Å²) >= 11 is 0. The van der Waals surface area contributed by atoms with Gasteiger partial charge in [-0.05, 0) is 43.5 Å². The van der Waals surface area contributed by atoms with E-state index in [4.69, 9.17) is 0 Å². The first-order chi connectivity index (χ1) is 10.6. The van der Waals surface area contributed by atoms with Crippen molar-refractivity contribution in [2.45, 2.75) is 32.9 Å². The lowest BCUT2D eigenvalue weighted by Gasteiger charge is -2.30. The highest BCUT2D eigenvalue weighted by atomic mass is 16.1. The van der Waals surface area contributed by atoms with Crippen molar-refractivity contribution < 1.29 is 4.79 Å². The van der Waals surface area contributed by atoms with Crippen LogP contribution < -0.4 is 10.2 Å². The highest BCUT2D eigenvalue weighted by Crippen LogP contribution is 2.23. The molecule has 1 aromatic carbocycles. The number of nitrogens with one attached hydrogen (secondary N) is 1. The van der Waals surface area contributed by atoms with Gasteiger partial charge in [-0.25, -0.2) is 4.98 Å². The zero-order valence-electron chi connectivity index (χ0n) is 13.0. The molecule has 0 spiro atoms. The molecule has 4 heteroatoms. The van der Waals surface area contributed by atoms with Crippen LogP contribution in [0.5, 0.6) is 0 Å². The van der Waals surface area contributed by atoms with Crippen molar-refractivity contribution in [3.8, 4) is 0 Å². The average molecular weight is 295 g/mol. The van der Waals surface area contributed by atoms with Crippen molar-refractivity contribution >= 4 is 11.7 Å². The summed E-state index contributed by atoms with van der Waals surface area (Å²) in [6.07, 6.45) is 1.01. The molecule has 0 saturated heterocycles. The molecule has 1 aliphatic heterocycles. The van der Waals surface area contributed by atoms with E-state index in [9.17, 15) is 4.79 Å². The molecular formula is C18H21N3O. The second kappa shape index (κ2) is 6.18. The number of nitrogens with zero attached hydrogens (tertiary/aromatic N) is 2. The molecule has 0 fully saturated rings. The zero-order valence-corrected chi connectivity index (χ0v) is 13.0. The Balaban J connectivity index is 1.80. The predicted molar refractivity (Wildman–Crippen MR) is 88.0 cm³/mol. The summed E-state index contributed by atoms with van der Waals surface area (Å²) in [5, 5.41) is 2.88. The van der Waals surface area contributed by atoms with Crippen molar-refractivity contribution in [3.63, 3.8) is 0 Å². The largest absolute Gasteiger partial charge is 0.352 e. The molecule has 3 rings (SSSR count). The van der Waals surface area contributed by atoms with Gasteiger partial charge in [0.05, 0.1) is 0 Å². The van der Waals surface area contributed by atoms with Crippen LogP contribution >= 0.6 is 0 Å². The van der Waals surface area contributed by atoms with Crippen LogP contribution in [0.1, 0.15) is 35.5 Å². The molecule has 2 aromatic rings. The number of hydrogen-bond acceptors (Lipinski definition) is 3. The fourth-order valence-electron chi connectivity index (χ4n) is 2.75. The van der Waals surface area contributed by atoms with Crippen LogP contribution in [0.2, 0.25) is 0 Å². The Morgan fingerprint density at radius 2 is 1.91 bits per heavy atom. The number of aromatic nitrogens is 1. The third-order valence-corrected chi connectivity index (χ3v) is 3.84. The minimum Gasteiger partial charge on any atom is -0.352 e. The van der Waals surface area contributed by atoms with E-state index in [0.29, 0.717) is 5.69 Å². The molecule has 1 aromatic heterocycles. The second-order valence-corrected chi connectivity index (χ2v) is 5.95. The van der Waals surface area contributed by atoms with E-state index in [2.05, 4.69) is 39.5 Å². The van der Waals surface area contributed by atoms with Crippen molar-refractivity contribution in [3.05, 3.63) is 59.3 Å². The van der Waals surface area contributed by atoms with Crippen LogP contribution in [0.3, 0.4) is 0 Å². The first-order valence-electron chi connectivity index (χ1n) is 7.73. The van der Waals surface area contributed by atoms with E-state index < -0.39 is 0 Å². The maximum Gasteiger partial charge on any atom is 0.270 e. The molecule has 0 saturated carbocycles. The van der Waals surface area contributed by atoms with Gasteiger partial charge in [0.2, 0.25) is 0 Å². The van der Waals surface area contributed by atoms with Crippen LogP contribution in [0.25, 0.3) is 0 Å². The number of anilines is 1. The smallest absolute Gasteiger partial charge is 0.270 e. The van der Waals surface area contributed by atoms with E-state index in [-0.39, 0.29) is 11.9 Å². The lowest BCUT2D eigenvalue weighted by molar-refractivity contribution is 0.0938. The SMILES string of the molecule is CC(C)NC(=O)c1cccc(N2CCc3ccccc3C2)n1. The molecule has 1 N–H and O–H groups in total. The highest BCUT2D eigenvalue weighted by Gasteiger charge is 2.18. The van der Waals surface area contributed by atoms with Gasteiger partial charge < -0.3 is 10.2 Å². The molecule has 0 atom stereocenters. The fraction of sp³-hybridized carbons (Fsp3) is 0.333. The van der Waals surface area contributed by atoms with Crippen molar-refractivity contribution in [2.75, 3.05) is 11.4 Å². The molecule has 1 aliphatic rings. The van der Waals surface area contributed by atoms with Gasteiger partial charge in [0.25, 0.3) is 5.91 Å². The Morgan fingerprint density at radius 1 is 1.14 bits per heavy atom. The summed E-state index contributed by atoms with van der Waals surface area (Å²) < 4.78 is 0. The number of benzene rings is 1. The summed E-state index contributed by atoms with van der Waals surface area (Å²) in [6, 6.07) is 14.3. The maximum atomic E-state index is 12.1. The highest BCUT2D eigenvalue weighted by molar-refractivity contribution is 5.92. The van der Waals surface area contributed by atoms with Gasteiger partial charge in [-0.15, -0.1) is 0 Å². The number of carbonyl (C=O) groups excluding carboxylic acids is 1. The van der Waals surface area contributed by atoms with E-state index in [1.165, 1.54) is 11.1 Å². The lowest BCUT2D eigenvalue weighted by Crippen LogP contribution is -2.33. The summed E-state index contributed by atoms with van der Waals surface area (Å²) in [6.45, 7) is 5.67. The minimum absolute atomic E-state index is 0.111. The number of fused-ring (bicyclic) bond motifs is 1. The van der Waals surface area contributed by atoms with E-state index in [0.717, 1.165) is 25.3 Å². The summed E-state index contributed by atoms with van der Waals surface area (Å²) in [4.78, 5) is 18.9. The molecule has 4 nitrogen and oxygen atoms in total. The van der Waals surface area contributed by atoms with Crippen LogP contribution in [0.4, 0.5) is 5.82 Å². The molecule has 22 heavy (non-hydrogen) atoms. The Bertz CT molecular complexity index is 682. The van der Waals surface area contributed by atoms with Crippen molar-refractivity contribution in [1.82, 2.24) is 10.3 Å². The van der Waals surface area contributed by atoms with Crippen molar-refractivity contribution in [2.24, 2.45) is 0 Å². The van der Waals surface area contributed by atoms with E-state index >= 15 is 0 Å². The molecule has 0 bridgehead atoms. The molecular weight excluding hydrogens is 274 g/mol. The standard InChI is InChI=1S/C18H21N3O/c1-13(2)19-18(22)16-8-5-9-17(20-16)21-11-10-14-6-3-4-7-15(14)12-21/h3-9,13H,10-12H2,1-2H3,(H,19,22). The monoisotopic (exact) mass is 295 g/mol. The number of amides is 1. The third kappa shape index (κ3) is 3.11. The second-order valence-electron chi connectivity index (χ2n) is 5.95. The summed E-state index contributed by atoms with van der Waals surface area (Å²) in [7, 11) is 0. The van der Waals surface area contributed by atoms with Gasteiger partial charge in [-0.2, -0.15) is 0 Å². The van der Waals surface area contributed by atoms with Crippen LogP contribution in [0.15, 0.2) is 42.5 Å². The van der Waals surface area contributed by atoms with Gasteiger partial charge in [-0.3, -0.25) is 4.79 Å². The fourth-order valence-corrected chi connectivity index (χ4v) is 2.75. The maximum absolute atomic E-state index is 12.1. The summed E-state index contributed by atoms with van der Waals surface area (Å²) in [5.41, 5.74) is 3.23. The minimum atomic E-state index is -0.116. The number of hydrogen-bond donors (Lipinski definition) is 1. The third-order valence-electron chi connectivity index (χ3n) is 3.84. The average Bonchev–Trinajstić information content (AvgIpc) is 2.54. The number of carbonyl (C=O) groups is 1.